The Bertz CT molecular complexity index is 470. The standard InChI is InChI=1S/C9H14NO6PS3/c1-4-14-19-17(12,20-15-5-2)16-9-10-7(6-18-9)8(11)13-3/h6H,4-5H2,1-3H3. The summed E-state index contributed by atoms with van der Waals surface area (Å²) in [5.41, 5.74) is 0.0990. The number of hydrogen-bond donors (Lipinski definition) is 0. The molecule has 0 amide bonds. The Balaban J connectivity index is 2.75. The third-order valence-electron chi connectivity index (χ3n) is 1.59. The number of methoxy groups -OCH3 is 1. The fraction of sp³-hybridized carbons (Fsp3) is 0.556. The first-order chi connectivity index (χ1) is 9.54. The maximum atomic E-state index is 12.5. The van der Waals surface area contributed by atoms with Crippen LogP contribution >= 0.6 is 40.4 Å². The maximum Gasteiger partial charge on any atom is 0.413 e. The number of rotatable bonds is 9. The van der Waals surface area contributed by atoms with E-state index < -0.39 is 11.7 Å². The Morgan fingerprint density at radius 1 is 1.35 bits per heavy atom. The molecule has 20 heavy (non-hydrogen) atoms. The molecule has 1 aromatic rings. The highest BCUT2D eigenvalue weighted by Crippen LogP contribution is 2.69. The topological polar surface area (TPSA) is 84.0 Å². The quantitative estimate of drug-likeness (QED) is 0.371. The highest BCUT2D eigenvalue weighted by Gasteiger charge is 2.31. The van der Waals surface area contributed by atoms with E-state index in [0.717, 1.165) is 11.3 Å². The smallest absolute Gasteiger partial charge is 0.413 e. The van der Waals surface area contributed by atoms with Crippen LogP contribution < -0.4 is 4.52 Å². The zero-order valence-electron chi connectivity index (χ0n) is 11.1. The number of nitrogens with zero attached hydrogens (tertiary/aromatic N) is 1. The van der Waals surface area contributed by atoms with Crippen LogP contribution in [0.2, 0.25) is 0 Å². The Kier molecular flexibility index (Phi) is 7.93. The summed E-state index contributed by atoms with van der Waals surface area (Å²) in [5, 5.41) is 1.55. The average molecular weight is 359 g/mol. The van der Waals surface area contributed by atoms with Crippen LogP contribution in [-0.2, 0) is 17.7 Å². The predicted molar refractivity (Wildman–Crippen MR) is 80.1 cm³/mol. The zero-order chi connectivity index (χ0) is 15.0. The van der Waals surface area contributed by atoms with Crippen molar-refractivity contribution in [3.63, 3.8) is 0 Å². The van der Waals surface area contributed by atoms with Gasteiger partial charge in [-0.3, -0.25) is 0 Å². The van der Waals surface area contributed by atoms with Gasteiger partial charge in [-0.25, -0.2) is 9.36 Å². The molecule has 0 aromatic carbocycles. The molecule has 0 radical (unpaired) electrons. The van der Waals surface area contributed by atoms with Crippen molar-refractivity contribution in [2.45, 2.75) is 13.8 Å². The monoisotopic (exact) mass is 359 g/mol. The van der Waals surface area contributed by atoms with E-state index in [1.54, 1.807) is 13.8 Å². The molecular weight excluding hydrogens is 345 g/mol. The van der Waals surface area contributed by atoms with Crippen molar-refractivity contribution >= 4 is 46.4 Å². The molecule has 0 saturated heterocycles. The van der Waals surface area contributed by atoms with Gasteiger partial charge < -0.3 is 17.6 Å². The predicted octanol–water partition coefficient (Wildman–Crippen LogP) is 3.79. The number of carbonyl (C=O) groups excluding carboxylic acids is 1. The van der Waals surface area contributed by atoms with E-state index in [1.807, 2.05) is 0 Å². The molecule has 0 bridgehead atoms. The third kappa shape index (κ3) is 5.63. The second-order valence-corrected chi connectivity index (χ2v) is 10.1. The second kappa shape index (κ2) is 8.91. The van der Waals surface area contributed by atoms with Gasteiger partial charge in [0.25, 0.3) is 5.19 Å². The molecule has 0 aliphatic heterocycles. The van der Waals surface area contributed by atoms with Crippen LogP contribution in [0.3, 0.4) is 0 Å². The van der Waals surface area contributed by atoms with Crippen molar-refractivity contribution in [3.8, 4) is 5.19 Å². The molecule has 0 fully saturated rings. The van der Waals surface area contributed by atoms with Gasteiger partial charge in [0.2, 0.25) is 0 Å². The summed E-state index contributed by atoms with van der Waals surface area (Å²) < 4.78 is 32.4. The molecule has 114 valence electrons. The highest BCUT2D eigenvalue weighted by atomic mass is 33.1. The number of carbonyl (C=O) groups is 1. The molecule has 1 rings (SSSR count). The molecule has 0 saturated carbocycles. The summed E-state index contributed by atoms with van der Waals surface area (Å²) in [5.74, 6) is -3.90. The molecule has 0 unspecified atom stereocenters. The van der Waals surface area contributed by atoms with E-state index in [-0.39, 0.29) is 10.9 Å². The molecule has 7 nitrogen and oxygen atoms in total. The van der Waals surface area contributed by atoms with Gasteiger partial charge in [0, 0.05) is 5.38 Å². The molecule has 11 heteroatoms. The summed E-state index contributed by atoms with van der Waals surface area (Å²) in [7, 11) is 1.25. The van der Waals surface area contributed by atoms with Crippen molar-refractivity contribution in [1.82, 2.24) is 4.98 Å². The van der Waals surface area contributed by atoms with Gasteiger partial charge in [0.15, 0.2) is 5.69 Å². The van der Waals surface area contributed by atoms with Gasteiger partial charge in [0.1, 0.15) is 23.3 Å². The van der Waals surface area contributed by atoms with Crippen LogP contribution in [0.4, 0.5) is 0 Å². The van der Waals surface area contributed by atoms with E-state index in [0.29, 0.717) is 36.5 Å². The Labute approximate surface area is 129 Å². The molecule has 1 aromatic heterocycles. The van der Waals surface area contributed by atoms with E-state index in [2.05, 4.69) is 9.72 Å². The lowest BCUT2D eigenvalue weighted by Gasteiger charge is -2.13. The van der Waals surface area contributed by atoms with Gasteiger partial charge in [-0.1, -0.05) is 11.3 Å². The summed E-state index contributed by atoms with van der Waals surface area (Å²) in [4.78, 5) is 15.2. The van der Waals surface area contributed by atoms with Crippen molar-refractivity contribution in [2.24, 2.45) is 0 Å². The first kappa shape index (κ1) is 17.8. The maximum absolute atomic E-state index is 12.5. The van der Waals surface area contributed by atoms with Crippen LogP contribution in [0.15, 0.2) is 5.38 Å². The number of ether oxygens (including phenoxy) is 1. The number of esters is 1. The number of aromatic nitrogens is 1. The molecule has 0 atom stereocenters. The summed E-state index contributed by atoms with van der Waals surface area (Å²) in [6, 6.07) is 0. The van der Waals surface area contributed by atoms with E-state index in [1.165, 1.54) is 12.5 Å². The van der Waals surface area contributed by atoms with Crippen molar-refractivity contribution in [2.75, 3.05) is 20.3 Å². The van der Waals surface area contributed by atoms with E-state index in [9.17, 15) is 9.36 Å². The van der Waals surface area contributed by atoms with Gasteiger partial charge in [0.05, 0.1) is 20.3 Å². The lowest BCUT2D eigenvalue weighted by atomic mass is 10.5. The van der Waals surface area contributed by atoms with Crippen LogP contribution in [0.1, 0.15) is 24.3 Å². The van der Waals surface area contributed by atoms with Gasteiger partial charge >= 0.3 is 11.7 Å². The Hall–Kier alpha value is -0.250. The van der Waals surface area contributed by atoms with Crippen molar-refractivity contribution in [3.05, 3.63) is 11.1 Å². The third-order valence-corrected chi connectivity index (χ3v) is 7.15. The zero-order valence-corrected chi connectivity index (χ0v) is 14.4. The SMILES string of the molecule is CCOSP(=O)(Oc1nc(C(=O)OC)cs1)SOCC. The first-order valence-corrected chi connectivity index (χ1v) is 10.7. The fourth-order valence-electron chi connectivity index (χ4n) is 0.871. The van der Waals surface area contributed by atoms with Crippen LogP contribution in [-0.4, -0.2) is 31.3 Å². The molecule has 0 aliphatic rings. The van der Waals surface area contributed by atoms with Gasteiger partial charge in [-0.15, -0.1) is 0 Å². The molecular formula is C9H14NO6PS3. The lowest BCUT2D eigenvalue weighted by molar-refractivity contribution is 0.0594. The normalized spacial score (nSPS) is 11.3. The molecule has 0 N–H and O–H groups in total. The molecule has 0 aliphatic carbocycles. The van der Waals surface area contributed by atoms with Gasteiger partial charge in [-0.2, -0.15) is 4.98 Å². The number of thiazole rings is 1. The van der Waals surface area contributed by atoms with E-state index >= 15 is 0 Å². The largest absolute Gasteiger partial charge is 0.464 e. The van der Waals surface area contributed by atoms with Crippen LogP contribution in [0.5, 0.6) is 5.19 Å². The number of hydrogen-bond acceptors (Lipinski definition) is 10. The van der Waals surface area contributed by atoms with Crippen molar-refractivity contribution in [1.29, 1.82) is 0 Å². The summed E-state index contributed by atoms with van der Waals surface area (Å²) in [6.07, 6.45) is 0. The highest BCUT2D eigenvalue weighted by molar-refractivity contribution is 8.87. The minimum absolute atomic E-state index is 0.0909. The molecule has 0 spiro atoms. The lowest BCUT2D eigenvalue weighted by Crippen LogP contribution is -2.01. The minimum atomic E-state index is -3.31. The fourth-order valence-corrected chi connectivity index (χ4v) is 6.03. The van der Waals surface area contributed by atoms with Crippen LogP contribution in [0.25, 0.3) is 0 Å². The summed E-state index contributed by atoms with van der Waals surface area (Å²) >= 11 is 2.45. The first-order valence-electron chi connectivity index (χ1n) is 5.50. The molecule has 1 heterocycles. The van der Waals surface area contributed by atoms with E-state index in [4.69, 9.17) is 12.9 Å². The van der Waals surface area contributed by atoms with Crippen LogP contribution in [0, 0.1) is 0 Å². The second-order valence-electron chi connectivity index (χ2n) is 2.99. The Morgan fingerprint density at radius 3 is 2.45 bits per heavy atom. The Morgan fingerprint density at radius 2 is 1.95 bits per heavy atom. The van der Waals surface area contributed by atoms with Crippen molar-refractivity contribution < 1.29 is 27.0 Å². The minimum Gasteiger partial charge on any atom is -0.464 e. The summed E-state index contributed by atoms with van der Waals surface area (Å²) in [6.45, 7) is 4.27. The van der Waals surface area contributed by atoms with Gasteiger partial charge in [-0.05, 0) is 13.8 Å². The average Bonchev–Trinajstić information content (AvgIpc) is 2.90.